The predicted molar refractivity (Wildman–Crippen MR) is 170 cm³/mol. The fourth-order valence-electron chi connectivity index (χ4n) is 4.12. The van der Waals surface area contributed by atoms with Gasteiger partial charge in [0.25, 0.3) is 0 Å². The lowest BCUT2D eigenvalue weighted by molar-refractivity contribution is -0.140. The summed E-state index contributed by atoms with van der Waals surface area (Å²) in [6.07, 6.45) is 2.99. The average molecular weight is 716 g/mol. The van der Waals surface area contributed by atoms with E-state index in [2.05, 4.69) is 27.9 Å². The Kier molecular flexibility index (Phi) is 12.1. The zero-order valence-corrected chi connectivity index (χ0v) is 26.8. The number of nitrogens with zero attached hydrogens (tertiary/aromatic N) is 2. The Labute approximate surface area is 260 Å². The van der Waals surface area contributed by atoms with E-state index < -0.39 is 28.5 Å². The Hall–Kier alpha value is -2.34. The summed E-state index contributed by atoms with van der Waals surface area (Å²) < 4.78 is 27.6. The molecule has 0 aliphatic heterocycles. The van der Waals surface area contributed by atoms with E-state index in [0.717, 1.165) is 32.5 Å². The molecule has 11 heteroatoms. The van der Waals surface area contributed by atoms with Crippen LogP contribution in [0.3, 0.4) is 0 Å². The fourth-order valence-corrected chi connectivity index (χ4v) is 5.65. The average Bonchev–Trinajstić information content (AvgIpc) is 2.91. The van der Waals surface area contributed by atoms with Crippen LogP contribution in [0.4, 0.5) is 5.69 Å². The van der Waals surface area contributed by atoms with Gasteiger partial charge in [0.05, 0.1) is 22.0 Å². The number of rotatable bonds is 13. The molecule has 0 spiro atoms. The Morgan fingerprint density at radius 3 is 2.23 bits per heavy atom. The van der Waals surface area contributed by atoms with Gasteiger partial charge in [-0.05, 0) is 76.5 Å². The summed E-state index contributed by atoms with van der Waals surface area (Å²) in [5, 5.41) is 3.63. The molecule has 0 saturated heterocycles. The Morgan fingerprint density at radius 1 is 0.950 bits per heavy atom. The zero-order valence-electron chi connectivity index (χ0n) is 22.3. The summed E-state index contributed by atoms with van der Waals surface area (Å²) >= 11 is 14.5. The first-order valence-corrected chi connectivity index (χ1v) is 16.5. The van der Waals surface area contributed by atoms with E-state index >= 15 is 0 Å². The molecule has 0 radical (unpaired) electrons. The smallest absolute Gasteiger partial charge is 0.244 e. The molecule has 0 fully saturated rings. The summed E-state index contributed by atoms with van der Waals surface area (Å²) in [4.78, 5) is 29.1. The molecule has 40 heavy (non-hydrogen) atoms. The van der Waals surface area contributed by atoms with Gasteiger partial charge in [-0.25, -0.2) is 8.42 Å². The normalized spacial score (nSPS) is 12.0. The number of halogens is 3. The highest BCUT2D eigenvalue weighted by atomic mass is 127. The van der Waals surface area contributed by atoms with Gasteiger partial charge in [0, 0.05) is 23.1 Å². The van der Waals surface area contributed by atoms with Gasteiger partial charge in [-0.1, -0.05) is 72.9 Å². The lowest BCUT2D eigenvalue weighted by Crippen LogP contribution is -2.53. The molecule has 0 aliphatic carbocycles. The summed E-state index contributed by atoms with van der Waals surface area (Å²) in [5.74, 6) is -0.840. The highest BCUT2D eigenvalue weighted by molar-refractivity contribution is 14.1. The van der Waals surface area contributed by atoms with Crippen LogP contribution in [0.15, 0.2) is 72.8 Å². The lowest BCUT2D eigenvalue weighted by Gasteiger charge is -2.33. The molecule has 3 rings (SSSR count). The second-order valence-corrected chi connectivity index (χ2v) is 13.3. The molecule has 0 saturated carbocycles. The van der Waals surface area contributed by atoms with Crippen LogP contribution in [-0.4, -0.2) is 50.5 Å². The SMILES string of the molecule is CCCCNC(=O)C(Cc1ccccc1)N(Cc1ccc(Cl)c(Cl)c1)C(=O)CN(c1ccc(I)cc1)S(C)(=O)=O. The summed E-state index contributed by atoms with van der Waals surface area (Å²) in [6, 6.07) is 20.3. The Bertz CT molecular complexity index is 1410. The van der Waals surface area contributed by atoms with Gasteiger partial charge in [-0.15, -0.1) is 0 Å². The van der Waals surface area contributed by atoms with Crippen molar-refractivity contribution in [1.82, 2.24) is 10.2 Å². The monoisotopic (exact) mass is 715 g/mol. The van der Waals surface area contributed by atoms with Crippen molar-refractivity contribution in [3.8, 4) is 0 Å². The summed E-state index contributed by atoms with van der Waals surface area (Å²) in [5.41, 5.74) is 1.88. The molecule has 1 N–H and O–H groups in total. The van der Waals surface area contributed by atoms with Gasteiger partial charge in [0.15, 0.2) is 0 Å². The number of unbranched alkanes of at least 4 members (excludes halogenated alkanes) is 1. The number of amides is 2. The molecule has 0 aromatic heterocycles. The molecule has 7 nitrogen and oxygen atoms in total. The number of hydrogen-bond donors (Lipinski definition) is 1. The van der Waals surface area contributed by atoms with Crippen LogP contribution < -0.4 is 9.62 Å². The van der Waals surface area contributed by atoms with Crippen molar-refractivity contribution in [2.75, 3.05) is 23.7 Å². The second kappa shape index (κ2) is 15.0. The van der Waals surface area contributed by atoms with Crippen LogP contribution in [0, 0.1) is 3.57 Å². The molecule has 3 aromatic carbocycles. The van der Waals surface area contributed by atoms with Crippen LogP contribution >= 0.6 is 45.8 Å². The third-order valence-electron chi connectivity index (χ3n) is 6.23. The molecule has 0 heterocycles. The van der Waals surface area contributed by atoms with E-state index in [0.29, 0.717) is 27.8 Å². The number of sulfonamides is 1. The first-order valence-electron chi connectivity index (χ1n) is 12.8. The van der Waals surface area contributed by atoms with Crippen LogP contribution in [0.1, 0.15) is 30.9 Å². The van der Waals surface area contributed by atoms with Crippen molar-refractivity contribution in [1.29, 1.82) is 0 Å². The second-order valence-electron chi connectivity index (χ2n) is 9.37. The standard InChI is InChI=1S/C29H32Cl2IN3O4S/c1-3-4-16-33-29(37)27(18-21-8-6-5-7-9-21)34(19-22-10-15-25(30)26(31)17-22)28(36)20-35(40(2,38)39)24-13-11-23(32)12-14-24/h5-15,17,27H,3-4,16,18-20H2,1-2H3,(H,33,37). The number of nitrogens with one attached hydrogen (secondary N) is 1. The summed E-state index contributed by atoms with van der Waals surface area (Å²) in [6.45, 7) is 2.04. The maximum absolute atomic E-state index is 14.0. The van der Waals surface area contributed by atoms with Crippen molar-refractivity contribution in [2.24, 2.45) is 0 Å². The number of hydrogen-bond acceptors (Lipinski definition) is 4. The van der Waals surface area contributed by atoms with Crippen LogP contribution in [0.2, 0.25) is 10.0 Å². The van der Waals surface area contributed by atoms with E-state index in [1.165, 1.54) is 4.90 Å². The van der Waals surface area contributed by atoms with E-state index in [4.69, 9.17) is 23.2 Å². The third kappa shape index (κ3) is 9.36. The van der Waals surface area contributed by atoms with Crippen LogP contribution in [0.5, 0.6) is 0 Å². The first-order chi connectivity index (χ1) is 19.0. The maximum Gasteiger partial charge on any atom is 0.244 e. The topological polar surface area (TPSA) is 86.8 Å². The zero-order chi connectivity index (χ0) is 29.3. The molecular formula is C29H32Cl2IN3O4S. The fraction of sp³-hybridized carbons (Fsp3) is 0.310. The van der Waals surface area contributed by atoms with Gasteiger partial charge >= 0.3 is 0 Å². The number of carbonyl (C=O) groups is 2. The minimum atomic E-state index is -3.82. The van der Waals surface area contributed by atoms with Crippen molar-refractivity contribution in [3.05, 3.63) is 97.5 Å². The van der Waals surface area contributed by atoms with Crippen molar-refractivity contribution in [3.63, 3.8) is 0 Å². The van der Waals surface area contributed by atoms with Crippen LogP contribution in [-0.2, 0) is 32.6 Å². The first kappa shape index (κ1) is 32.2. The van der Waals surface area contributed by atoms with Crippen molar-refractivity contribution < 1.29 is 18.0 Å². The number of carbonyl (C=O) groups excluding carboxylic acids is 2. The van der Waals surface area contributed by atoms with Gasteiger partial charge in [0.1, 0.15) is 12.6 Å². The maximum atomic E-state index is 14.0. The lowest BCUT2D eigenvalue weighted by atomic mass is 10.0. The highest BCUT2D eigenvalue weighted by Gasteiger charge is 2.33. The molecule has 0 bridgehead atoms. The third-order valence-corrected chi connectivity index (χ3v) is 8.83. The molecule has 1 unspecified atom stereocenters. The minimum absolute atomic E-state index is 0.0265. The van der Waals surface area contributed by atoms with Crippen LogP contribution in [0.25, 0.3) is 0 Å². The quantitative estimate of drug-likeness (QED) is 0.176. The van der Waals surface area contributed by atoms with E-state index in [1.54, 1.807) is 42.5 Å². The summed E-state index contributed by atoms with van der Waals surface area (Å²) in [7, 11) is -3.82. The Morgan fingerprint density at radius 2 is 1.62 bits per heavy atom. The van der Waals surface area contributed by atoms with E-state index in [9.17, 15) is 18.0 Å². The van der Waals surface area contributed by atoms with Gasteiger partial charge < -0.3 is 10.2 Å². The van der Waals surface area contributed by atoms with Crippen molar-refractivity contribution >= 4 is 73.3 Å². The molecule has 0 aliphatic rings. The van der Waals surface area contributed by atoms with E-state index in [-0.39, 0.29) is 18.9 Å². The molecule has 3 aromatic rings. The number of benzene rings is 3. The Balaban J connectivity index is 2.04. The van der Waals surface area contributed by atoms with Crippen molar-refractivity contribution in [2.45, 2.75) is 38.8 Å². The molecule has 214 valence electrons. The van der Waals surface area contributed by atoms with Gasteiger partial charge in [0.2, 0.25) is 21.8 Å². The predicted octanol–water partition coefficient (Wildman–Crippen LogP) is 5.92. The molecular weight excluding hydrogens is 684 g/mol. The van der Waals surface area contributed by atoms with Gasteiger partial charge in [-0.2, -0.15) is 0 Å². The molecule has 1 atom stereocenters. The largest absolute Gasteiger partial charge is 0.354 e. The molecule has 2 amide bonds. The highest BCUT2D eigenvalue weighted by Crippen LogP contribution is 2.25. The van der Waals surface area contributed by atoms with E-state index in [1.807, 2.05) is 37.3 Å². The number of anilines is 1. The minimum Gasteiger partial charge on any atom is -0.354 e. The van der Waals surface area contributed by atoms with Gasteiger partial charge in [-0.3, -0.25) is 13.9 Å².